The largest absolute Gasteiger partial charge is 0.378 e. The van der Waals surface area contributed by atoms with Gasteiger partial charge in [-0.1, -0.05) is 41.9 Å². The summed E-state index contributed by atoms with van der Waals surface area (Å²) in [6.07, 6.45) is 0. The molecule has 26 heavy (non-hydrogen) atoms. The highest BCUT2D eigenvalue weighted by atomic mass is 35.5. The minimum absolute atomic E-state index is 0.129. The molecule has 0 saturated carbocycles. The van der Waals surface area contributed by atoms with Crippen LogP contribution < -0.4 is 10.2 Å². The lowest BCUT2D eigenvalue weighted by Crippen LogP contribution is -2.37. The van der Waals surface area contributed by atoms with E-state index < -0.39 is 0 Å². The number of nitrogens with one attached hydrogen (secondary N) is 1. The molecular weight excluding hydrogens is 375 g/mol. The first-order chi connectivity index (χ1) is 12.7. The number of ether oxygens (including phenoxy) is 1. The van der Waals surface area contributed by atoms with E-state index in [2.05, 4.69) is 30.2 Å². The third-order valence-corrected chi connectivity index (χ3v) is 4.49. The summed E-state index contributed by atoms with van der Waals surface area (Å²) in [7, 11) is 0. The Morgan fingerprint density at radius 3 is 2.54 bits per heavy atom. The van der Waals surface area contributed by atoms with Gasteiger partial charge in [0, 0.05) is 19.6 Å². The van der Waals surface area contributed by atoms with Crippen molar-refractivity contribution in [2.24, 2.45) is 0 Å². The second-order valence-electron chi connectivity index (χ2n) is 5.79. The number of rotatable bonds is 4. The van der Waals surface area contributed by atoms with Crippen LogP contribution in [0.25, 0.3) is 11.2 Å². The van der Waals surface area contributed by atoms with E-state index >= 15 is 0 Å². The molecule has 134 valence electrons. The number of benzene rings is 1. The molecule has 1 aliphatic heterocycles. The normalized spacial score (nSPS) is 14.6. The van der Waals surface area contributed by atoms with Crippen molar-refractivity contribution in [2.45, 2.75) is 6.54 Å². The number of fused-ring (bicyclic) bond motifs is 1. The Kier molecular flexibility index (Phi) is 5.01. The van der Waals surface area contributed by atoms with Crippen molar-refractivity contribution in [2.75, 3.05) is 36.5 Å². The Bertz CT molecular complexity index is 918. The minimum atomic E-state index is 0.129. The first-order valence-corrected chi connectivity index (χ1v) is 8.97. The number of morpholine rings is 1. The summed E-state index contributed by atoms with van der Waals surface area (Å²) in [5, 5.41) is 3.60. The van der Waals surface area contributed by atoms with Crippen LogP contribution in [0.15, 0.2) is 30.3 Å². The van der Waals surface area contributed by atoms with Gasteiger partial charge in [0.25, 0.3) is 0 Å². The lowest BCUT2D eigenvalue weighted by atomic mass is 10.2. The van der Waals surface area contributed by atoms with Gasteiger partial charge in [-0.2, -0.15) is 9.97 Å². The molecule has 0 amide bonds. The van der Waals surface area contributed by atoms with Crippen LogP contribution in [-0.4, -0.2) is 46.2 Å². The van der Waals surface area contributed by atoms with Crippen molar-refractivity contribution >= 4 is 46.0 Å². The summed E-state index contributed by atoms with van der Waals surface area (Å²) < 4.78 is 5.39. The van der Waals surface area contributed by atoms with Crippen LogP contribution >= 0.6 is 23.2 Å². The van der Waals surface area contributed by atoms with Crippen LogP contribution in [0.4, 0.5) is 11.6 Å². The highest BCUT2D eigenvalue weighted by Crippen LogP contribution is 2.28. The molecule has 1 aromatic carbocycles. The maximum absolute atomic E-state index is 6.35. The highest BCUT2D eigenvalue weighted by Gasteiger charge is 2.20. The fourth-order valence-electron chi connectivity index (χ4n) is 2.78. The van der Waals surface area contributed by atoms with E-state index in [1.165, 1.54) is 0 Å². The van der Waals surface area contributed by atoms with Gasteiger partial charge in [0.2, 0.25) is 5.28 Å². The molecule has 0 spiro atoms. The van der Waals surface area contributed by atoms with Crippen molar-refractivity contribution < 1.29 is 4.74 Å². The summed E-state index contributed by atoms with van der Waals surface area (Å²) >= 11 is 12.5. The third-order valence-electron chi connectivity index (χ3n) is 4.06. The van der Waals surface area contributed by atoms with Gasteiger partial charge < -0.3 is 15.0 Å². The predicted octanol–water partition coefficient (Wildman–Crippen LogP) is 3.18. The highest BCUT2D eigenvalue weighted by molar-refractivity contribution is 6.32. The quantitative estimate of drug-likeness (QED) is 0.685. The zero-order valence-corrected chi connectivity index (χ0v) is 15.3. The van der Waals surface area contributed by atoms with Gasteiger partial charge in [-0.25, -0.2) is 9.97 Å². The standard InChI is InChI=1S/C17H16Cl2N6O/c18-13-15(20-10-11-4-2-1-3-5-11)22-14-12(21-13)16(24-17(19)23-14)25-6-8-26-9-7-25/h1-5H,6-10H2,(H,20,22,23,24). The zero-order chi connectivity index (χ0) is 17.9. The van der Waals surface area contributed by atoms with Crippen molar-refractivity contribution in [3.05, 3.63) is 46.3 Å². The summed E-state index contributed by atoms with van der Waals surface area (Å²) in [5.74, 6) is 1.10. The van der Waals surface area contributed by atoms with Crippen LogP contribution in [0.1, 0.15) is 5.56 Å². The Morgan fingerprint density at radius 2 is 1.77 bits per heavy atom. The smallest absolute Gasteiger partial charge is 0.226 e. The molecule has 0 radical (unpaired) electrons. The van der Waals surface area contributed by atoms with E-state index in [9.17, 15) is 0 Å². The Labute approximate surface area is 160 Å². The van der Waals surface area contributed by atoms with Gasteiger partial charge in [0.1, 0.15) is 0 Å². The van der Waals surface area contributed by atoms with Crippen molar-refractivity contribution in [3.63, 3.8) is 0 Å². The van der Waals surface area contributed by atoms with Crippen molar-refractivity contribution in [1.82, 2.24) is 19.9 Å². The van der Waals surface area contributed by atoms with Crippen LogP contribution in [0, 0.1) is 0 Å². The number of hydrogen-bond acceptors (Lipinski definition) is 7. The minimum Gasteiger partial charge on any atom is -0.378 e. The van der Waals surface area contributed by atoms with Gasteiger partial charge in [0.05, 0.1) is 13.2 Å². The van der Waals surface area contributed by atoms with E-state index in [1.54, 1.807) is 0 Å². The number of aromatic nitrogens is 4. The topological polar surface area (TPSA) is 76.1 Å². The second kappa shape index (κ2) is 7.57. The molecule has 9 heteroatoms. The van der Waals surface area contributed by atoms with Crippen molar-refractivity contribution in [3.8, 4) is 0 Å². The maximum Gasteiger partial charge on any atom is 0.226 e. The van der Waals surface area contributed by atoms with E-state index in [1.807, 2.05) is 30.3 Å². The van der Waals surface area contributed by atoms with E-state index in [-0.39, 0.29) is 10.4 Å². The SMILES string of the molecule is Clc1nc(N2CCOCC2)c2nc(Cl)c(NCc3ccccc3)nc2n1. The molecule has 1 fully saturated rings. The average Bonchev–Trinajstić information content (AvgIpc) is 2.68. The molecule has 1 N–H and O–H groups in total. The average molecular weight is 391 g/mol. The van der Waals surface area contributed by atoms with Gasteiger partial charge in [-0.05, 0) is 17.2 Å². The number of hydrogen-bond donors (Lipinski definition) is 1. The summed E-state index contributed by atoms with van der Waals surface area (Å²) in [4.78, 5) is 19.6. The van der Waals surface area contributed by atoms with Crippen molar-refractivity contribution in [1.29, 1.82) is 0 Å². The summed E-state index contributed by atoms with van der Waals surface area (Å²) in [6.45, 7) is 3.24. The molecule has 1 saturated heterocycles. The summed E-state index contributed by atoms with van der Waals surface area (Å²) in [6, 6.07) is 9.97. The lowest BCUT2D eigenvalue weighted by molar-refractivity contribution is 0.122. The molecule has 0 unspecified atom stereocenters. The molecule has 3 aromatic rings. The molecule has 0 bridgehead atoms. The molecule has 4 rings (SSSR count). The molecule has 1 aliphatic rings. The molecule has 0 aliphatic carbocycles. The van der Waals surface area contributed by atoms with Gasteiger partial charge in [-0.3, -0.25) is 0 Å². The first kappa shape index (κ1) is 17.2. The molecule has 2 aromatic heterocycles. The van der Waals surface area contributed by atoms with Crippen LogP contribution in [0.2, 0.25) is 10.4 Å². The van der Waals surface area contributed by atoms with Crippen LogP contribution in [0.5, 0.6) is 0 Å². The number of anilines is 2. The van der Waals surface area contributed by atoms with E-state index in [4.69, 9.17) is 27.9 Å². The number of nitrogens with zero attached hydrogens (tertiary/aromatic N) is 5. The number of halogens is 2. The Balaban J connectivity index is 1.67. The molecule has 3 heterocycles. The third kappa shape index (κ3) is 3.65. The Morgan fingerprint density at radius 1 is 1.00 bits per heavy atom. The molecular formula is C17H16Cl2N6O. The van der Waals surface area contributed by atoms with Crippen LogP contribution in [-0.2, 0) is 11.3 Å². The first-order valence-electron chi connectivity index (χ1n) is 8.22. The van der Waals surface area contributed by atoms with E-state index in [0.717, 1.165) is 5.56 Å². The predicted molar refractivity (Wildman–Crippen MR) is 102 cm³/mol. The monoisotopic (exact) mass is 390 g/mol. The van der Waals surface area contributed by atoms with Gasteiger partial charge >= 0.3 is 0 Å². The van der Waals surface area contributed by atoms with E-state index in [0.29, 0.717) is 55.6 Å². The fraction of sp³-hybridized carbons (Fsp3) is 0.294. The van der Waals surface area contributed by atoms with Gasteiger partial charge in [0.15, 0.2) is 28.0 Å². The maximum atomic E-state index is 6.35. The Hall–Kier alpha value is -2.22. The second-order valence-corrected chi connectivity index (χ2v) is 6.49. The molecule has 0 atom stereocenters. The van der Waals surface area contributed by atoms with Crippen LogP contribution in [0.3, 0.4) is 0 Å². The lowest BCUT2D eigenvalue weighted by Gasteiger charge is -2.28. The fourth-order valence-corrected chi connectivity index (χ4v) is 3.13. The van der Waals surface area contributed by atoms with Gasteiger partial charge in [-0.15, -0.1) is 0 Å². The molecule has 7 nitrogen and oxygen atoms in total. The summed E-state index contributed by atoms with van der Waals surface area (Å²) in [5.41, 5.74) is 2.05. The zero-order valence-electron chi connectivity index (χ0n) is 13.8.